The van der Waals surface area contributed by atoms with Crippen molar-refractivity contribution in [3.63, 3.8) is 0 Å². The van der Waals surface area contributed by atoms with Crippen LogP contribution in [0.5, 0.6) is 5.88 Å². The van der Waals surface area contributed by atoms with Crippen molar-refractivity contribution in [1.82, 2.24) is 9.88 Å². The van der Waals surface area contributed by atoms with Crippen molar-refractivity contribution in [2.24, 2.45) is 0 Å². The number of hydrogen-bond acceptors (Lipinski definition) is 2. The summed E-state index contributed by atoms with van der Waals surface area (Å²) >= 11 is 0. The fraction of sp³-hybridized carbons (Fsp3) is 0.600. The fourth-order valence-electron chi connectivity index (χ4n) is 1.98. The van der Waals surface area contributed by atoms with Crippen molar-refractivity contribution in [2.45, 2.75) is 18.8 Å². The molecule has 1 aliphatic heterocycles. The second kappa shape index (κ2) is 3.42. The largest absolute Gasteiger partial charge is 0.495 e. The van der Waals surface area contributed by atoms with Gasteiger partial charge in [0, 0.05) is 12.3 Å². The first-order chi connectivity index (χ1) is 6.25. The molecule has 1 aromatic heterocycles. The second-order valence-electron chi connectivity index (χ2n) is 3.90. The highest BCUT2D eigenvalue weighted by molar-refractivity contribution is 5.24. The van der Waals surface area contributed by atoms with E-state index >= 15 is 0 Å². The van der Waals surface area contributed by atoms with Gasteiger partial charge in [-0.25, -0.2) is 0 Å². The summed E-state index contributed by atoms with van der Waals surface area (Å²) < 4.78 is 0. The number of aromatic nitrogens is 1. The third-order valence-electron chi connectivity index (χ3n) is 2.88. The van der Waals surface area contributed by atoms with E-state index in [0.717, 1.165) is 13.1 Å². The Kier molecular flexibility index (Phi) is 2.27. The van der Waals surface area contributed by atoms with Crippen LogP contribution in [0.15, 0.2) is 12.3 Å². The van der Waals surface area contributed by atoms with E-state index in [0.29, 0.717) is 5.92 Å². The minimum absolute atomic E-state index is 0.286. The molecule has 1 aliphatic rings. The zero-order valence-electron chi connectivity index (χ0n) is 7.95. The monoisotopic (exact) mass is 180 g/mol. The van der Waals surface area contributed by atoms with Crippen LogP contribution in [-0.2, 0) is 0 Å². The number of nitrogens with zero attached hydrogens (tertiary/aromatic N) is 1. The minimum Gasteiger partial charge on any atom is -0.495 e. The third kappa shape index (κ3) is 1.86. The number of H-pyrrole nitrogens is 1. The molecular formula is C10H16N2O. The first-order valence-electron chi connectivity index (χ1n) is 4.81. The molecular weight excluding hydrogens is 164 g/mol. The second-order valence-corrected chi connectivity index (χ2v) is 3.90. The summed E-state index contributed by atoms with van der Waals surface area (Å²) in [5.74, 6) is 0.919. The van der Waals surface area contributed by atoms with Crippen LogP contribution in [0.1, 0.15) is 24.3 Å². The zero-order chi connectivity index (χ0) is 9.26. The van der Waals surface area contributed by atoms with Crippen LogP contribution in [0, 0.1) is 0 Å². The van der Waals surface area contributed by atoms with Gasteiger partial charge in [-0.2, -0.15) is 0 Å². The van der Waals surface area contributed by atoms with E-state index in [1.807, 2.05) is 12.3 Å². The van der Waals surface area contributed by atoms with Crippen molar-refractivity contribution < 1.29 is 5.11 Å². The molecule has 0 bridgehead atoms. The maximum Gasteiger partial charge on any atom is 0.188 e. The Morgan fingerprint density at radius 2 is 2.15 bits per heavy atom. The molecule has 0 atom stereocenters. The highest BCUT2D eigenvalue weighted by atomic mass is 16.3. The first kappa shape index (κ1) is 8.63. The molecule has 72 valence electrons. The molecule has 2 heterocycles. The van der Waals surface area contributed by atoms with Crippen LogP contribution in [0.2, 0.25) is 0 Å². The molecule has 13 heavy (non-hydrogen) atoms. The Bertz CT molecular complexity index is 274. The summed E-state index contributed by atoms with van der Waals surface area (Å²) in [6.45, 7) is 2.33. The lowest BCUT2D eigenvalue weighted by atomic mass is 9.91. The SMILES string of the molecule is CN1CCC(c2c[nH]c(O)c2)CC1. The molecule has 1 saturated heterocycles. The summed E-state index contributed by atoms with van der Waals surface area (Å²) in [4.78, 5) is 5.17. The first-order valence-corrected chi connectivity index (χ1v) is 4.81. The van der Waals surface area contributed by atoms with Crippen molar-refractivity contribution in [1.29, 1.82) is 0 Å². The van der Waals surface area contributed by atoms with E-state index in [2.05, 4.69) is 16.9 Å². The van der Waals surface area contributed by atoms with E-state index in [-0.39, 0.29) is 5.88 Å². The average Bonchev–Trinajstić information content (AvgIpc) is 2.53. The Hall–Kier alpha value is -0.960. The lowest BCUT2D eigenvalue weighted by Gasteiger charge is -2.28. The lowest BCUT2D eigenvalue weighted by molar-refractivity contribution is 0.255. The molecule has 0 radical (unpaired) electrons. The van der Waals surface area contributed by atoms with Gasteiger partial charge in [0.15, 0.2) is 5.88 Å². The molecule has 0 amide bonds. The van der Waals surface area contributed by atoms with Gasteiger partial charge in [0.25, 0.3) is 0 Å². The number of nitrogens with one attached hydrogen (secondary N) is 1. The zero-order valence-corrected chi connectivity index (χ0v) is 7.95. The molecule has 0 saturated carbocycles. The van der Waals surface area contributed by atoms with Crippen molar-refractivity contribution >= 4 is 0 Å². The topological polar surface area (TPSA) is 39.3 Å². The quantitative estimate of drug-likeness (QED) is 0.688. The van der Waals surface area contributed by atoms with Crippen LogP contribution in [0.4, 0.5) is 0 Å². The number of hydrogen-bond donors (Lipinski definition) is 2. The molecule has 0 aliphatic carbocycles. The lowest BCUT2D eigenvalue weighted by Crippen LogP contribution is -2.29. The van der Waals surface area contributed by atoms with E-state index in [1.165, 1.54) is 18.4 Å². The standard InChI is InChI=1S/C10H16N2O/c1-12-4-2-8(3-5-12)9-6-10(13)11-7-9/h6-8,11,13H,2-5H2,1H3. The summed E-state index contributed by atoms with van der Waals surface area (Å²) in [5.41, 5.74) is 1.26. The van der Waals surface area contributed by atoms with Gasteiger partial charge >= 0.3 is 0 Å². The van der Waals surface area contributed by atoms with Gasteiger partial charge in [-0.15, -0.1) is 0 Å². The van der Waals surface area contributed by atoms with E-state index < -0.39 is 0 Å². The molecule has 3 nitrogen and oxygen atoms in total. The van der Waals surface area contributed by atoms with Gasteiger partial charge in [-0.1, -0.05) is 0 Å². The van der Waals surface area contributed by atoms with Crippen LogP contribution in [0.3, 0.4) is 0 Å². The Morgan fingerprint density at radius 1 is 1.46 bits per heavy atom. The summed E-state index contributed by atoms with van der Waals surface area (Å²) in [7, 11) is 2.16. The number of likely N-dealkylation sites (tertiary alicyclic amines) is 1. The predicted molar refractivity (Wildman–Crippen MR) is 51.9 cm³/mol. The van der Waals surface area contributed by atoms with Gasteiger partial charge in [0.1, 0.15) is 0 Å². The van der Waals surface area contributed by atoms with Crippen LogP contribution >= 0.6 is 0 Å². The molecule has 1 fully saturated rings. The third-order valence-corrected chi connectivity index (χ3v) is 2.88. The maximum atomic E-state index is 9.17. The van der Waals surface area contributed by atoms with Crippen molar-refractivity contribution in [2.75, 3.05) is 20.1 Å². The molecule has 2 N–H and O–H groups in total. The predicted octanol–water partition coefficient (Wildman–Crippen LogP) is 1.53. The summed E-state index contributed by atoms with van der Waals surface area (Å²) in [6, 6.07) is 1.84. The van der Waals surface area contributed by atoms with Gasteiger partial charge in [0.05, 0.1) is 0 Å². The molecule has 0 unspecified atom stereocenters. The maximum absolute atomic E-state index is 9.17. The number of rotatable bonds is 1. The Morgan fingerprint density at radius 3 is 2.69 bits per heavy atom. The molecule has 1 aromatic rings. The van der Waals surface area contributed by atoms with E-state index in [4.69, 9.17) is 5.11 Å². The smallest absolute Gasteiger partial charge is 0.188 e. The minimum atomic E-state index is 0.286. The van der Waals surface area contributed by atoms with Gasteiger partial charge in [-0.05, 0) is 44.5 Å². The number of aromatic hydroxyl groups is 1. The van der Waals surface area contributed by atoms with Crippen molar-refractivity contribution in [3.05, 3.63) is 17.8 Å². The number of aromatic amines is 1. The normalized spacial score (nSPS) is 20.7. The molecule has 0 aromatic carbocycles. The number of piperidine rings is 1. The van der Waals surface area contributed by atoms with E-state index in [1.54, 1.807) is 0 Å². The summed E-state index contributed by atoms with van der Waals surface area (Å²) in [5, 5.41) is 9.17. The summed E-state index contributed by atoms with van der Waals surface area (Å²) in [6.07, 6.45) is 4.33. The van der Waals surface area contributed by atoms with Gasteiger partial charge < -0.3 is 15.0 Å². The highest BCUT2D eigenvalue weighted by Crippen LogP contribution is 2.28. The van der Waals surface area contributed by atoms with Crippen molar-refractivity contribution in [3.8, 4) is 5.88 Å². The molecule has 0 spiro atoms. The molecule has 3 heteroatoms. The molecule has 2 rings (SSSR count). The highest BCUT2D eigenvalue weighted by Gasteiger charge is 2.18. The van der Waals surface area contributed by atoms with Crippen LogP contribution in [0.25, 0.3) is 0 Å². The van der Waals surface area contributed by atoms with Crippen LogP contribution in [-0.4, -0.2) is 35.1 Å². The van der Waals surface area contributed by atoms with Gasteiger partial charge in [-0.3, -0.25) is 0 Å². The van der Waals surface area contributed by atoms with E-state index in [9.17, 15) is 0 Å². The fourth-order valence-corrected chi connectivity index (χ4v) is 1.98. The Labute approximate surface area is 78.4 Å². The average molecular weight is 180 g/mol. The van der Waals surface area contributed by atoms with Crippen LogP contribution < -0.4 is 0 Å². The Balaban J connectivity index is 2.02. The van der Waals surface area contributed by atoms with Gasteiger partial charge in [0.2, 0.25) is 0 Å².